The second-order valence-corrected chi connectivity index (χ2v) is 9.21. The minimum atomic E-state index is -3.54. The number of hydrogen-bond donors (Lipinski definition) is 1. The van der Waals surface area contributed by atoms with E-state index in [0.717, 1.165) is 5.69 Å². The van der Waals surface area contributed by atoms with Crippen molar-refractivity contribution in [3.8, 4) is 5.75 Å². The number of piperidine rings is 1. The fraction of sp³-hybridized carbons (Fsp3) is 0.381. The maximum atomic E-state index is 12.8. The standard InChI is InChI=1S/C21H27N3O4S/c1-23(2)18-6-4-16(5-7-18)21(25)22-17-12-14-24(15-13-17)29(26,27)20-10-8-19(28-3)9-11-20/h4-11,17H,12-15H2,1-3H3,(H,22,25). The molecule has 156 valence electrons. The predicted octanol–water partition coefficient (Wildman–Crippen LogP) is 2.34. The van der Waals surface area contributed by atoms with Crippen molar-refractivity contribution in [1.29, 1.82) is 0 Å². The third-order valence-electron chi connectivity index (χ3n) is 5.13. The number of carbonyl (C=O) groups is 1. The van der Waals surface area contributed by atoms with Crippen molar-refractivity contribution in [3.05, 3.63) is 54.1 Å². The molecule has 7 nitrogen and oxygen atoms in total. The van der Waals surface area contributed by atoms with E-state index in [0.29, 0.717) is 37.2 Å². The van der Waals surface area contributed by atoms with Gasteiger partial charge in [-0.2, -0.15) is 4.31 Å². The number of nitrogens with one attached hydrogen (secondary N) is 1. The van der Waals surface area contributed by atoms with E-state index in [1.807, 2.05) is 31.1 Å². The molecule has 1 aliphatic rings. The maximum Gasteiger partial charge on any atom is 0.251 e. The molecule has 0 unspecified atom stereocenters. The van der Waals surface area contributed by atoms with Crippen LogP contribution in [0.3, 0.4) is 0 Å². The third kappa shape index (κ3) is 4.89. The van der Waals surface area contributed by atoms with Crippen molar-refractivity contribution < 1.29 is 17.9 Å². The molecular weight excluding hydrogens is 390 g/mol. The van der Waals surface area contributed by atoms with E-state index in [1.54, 1.807) is 43.5 Å². The lowest BCUT2D eigenvalue weighted by atomic mass is 10.1. The molecule has 8 heteroatoms. The molecule has 1 amide bonds. The van der Waals surface area contributed by atoms with Crippen molar-refractivity contribution in [2.75, 3.05) is 39.2 Å². The van der Waals surface area contributed by atoms with Gasteiger partial charge in [-0.15, -0.1) is 0 Å². The molecule has 0 saturated carbocycles. The normalized spacial score (nSPS) is 15.7. The second kappa shape index (κ2) is 8.84. The van der Waals surface area contributed by atoms with E-state index in [9.17, 15) is 13.2 Å². The smallest absolute Gasteiger partial charge is 0.251 e. The largest absolute Gasteiger partial charge is 0.497 e. The monoisotopic (exact) mass is 417 g/mol. The predicted molar refractivity (Wildman–Crippen MR) is 113 cm³/mol. The highest BCUT2D eigenvalue weighted by Crippen LogP contribution is 2.23. The minimum absolute atomic E-state index is 0.0432. The molecule has 3 rings (SSSR count). The molecule has 0 atom stereocenters. The van der Waals surface area contributed by atoms with Crippen LogP contribution in [0.2, 0.25) is 0 Å². The van der Waals surface area contributed by atoms with Gasteiger partial charge >= 0.3 is 0 Å². The average Bonchev–Trinajstić information content (AvgIpc) is 2.74. The molecule has 1 saturated heterocycles. The minimum Gasteiger partial charge on any atom is -0.497 e. The quantitative estimate of drug-likeness (QED) is 0.781. The Kier molecular flexibility index (Phi) is 6.44. The van der Waals surface area contributed by atoms with Gasteiger partial charge in [0.15, 0.2) is 0 Å². The highest BCUT2D eigenvalue weighted by molar-refractivity contribution is 7.89. The van der Waals surface area contributed by atoms with Gasteiger partial charge in [0.2, 0.25) is 10.0 Å². The average molecular weight is 418 g/mol. The number of sulfonamides is 1. The summed E-state index contributed by atoms with van der Waals surface area (Å²) in [5, 5.41) is 3.02. The Morgan fingerprint density at radius 3 is 2.14 bits per heavy atom. The maximum absolute atomic E-state index is 12.8. The fourth-order valence-corrected chi connectivity index (χ4v) is 4.79. The molecule has 1 aliphatic heterocycles. The van der Waals surface area contributed by atoms with Crippen molar-refractivity contribution >= 4 is 21.6 Å². The SMILES string of the molecule is COc1ccc(S(=O)(=O)N2CCC(NC(=O)c3ccc(N(C)C)cc3)CC2)cc1. The summed E-state index contributed by atoms with van der Waals surface area (Å²) in [6.45, 7) is 0.748. The molecule has 1 N–H and O–H groups in total. The summed E-state index contributed by atoms with van der Waals surface area (Å²) in [6.07, 6.45) is 1.16. The number of hydrogen-bond acceptors (Lipinski definition) is 5. The van der Waals surface area contributed by atoms with Crippen LogP contribution in [0, 0.1) is 0 Å². The Hall–Kier alpha value is -2.58. The van der Waals surface area contributed by atoms with E-state index in [2.05, 4.69) is 5.32 Å². The summed E-state index contributed by atoms with van der Waals surface area (Å²) in [5.41, 5.74) is 1.63. The van der Waals surface area contributed by atoms with Crippen molar-refractivity contribution in [3.63, 3.8) is 0 Å². The Morgan fingerprint density at radius 1 is 1.03 bits per heavy atom. The van der Waals surface area contributed by atoms with Crippen molar-refractivity contribution in [2.24, 2.45) is 0 Å². The molecule has 2 aromatic carbocycles. The molecule has 2 aromatic rings. The number of methoxy groups -OCH3 is 1. The lowest BCUT2D eigenvalue weighted by molar-refractivity contribution is 0.0924. The van der Waals surface area contributed by atoms with Gasteiger partial charge in [0.25, 0.3) is 5.91 Å². The van der Waals surface area contributed by atoms with Crippen LogP contribution < -0.4 is 15.0 Å². The van der Waals surface area contributed by atoms with Crippen LogP contribution in [0.15, 0.2) is 53.4 Å². The van der Waals surface area contributed by atoms with Crippen LogP contribution in [-0.2, 0) is 10.0 Å². The van der Waals surface area contributed by atoms with Gasteiger partial charge in [0, 0.05) is 44.5 Å². The lowest BCUT2D eigenvalue weighted by Crippen LogP contribution is -2.46. The van der Waals surface area contributed by atoms with Crippen molar-refractivity contribution in [2.45, 2.75) is 23.8 Å². The highest BCUT2D eigenvalue weighted by Gasteiger charge is 2.30. The van der Waals surface area contributed by atoms with Gasteiger partial charge in [-0.1, -0.05) is 0 Å². The van der Waals surface area contributed by atoms with Gasteiger partial charge in [-0.05, 0) is 61.4 Å². The Balaban J connectivity index is 1.57. The summed E-state index contributed by atoms with van der Waals surface area (Å²) in [7, 11) is 1.89. The van der Waals surface area contributed by atoms with E-state index in [4.69, 9.17) is 4.74 Å². The highest BCUT2D eigenvalue weighted by atomic mass is 32.2. The van der Waals surface area contributed by atoms with Gasteiger partial charge in [0.05, 0.1) is 12.0 Å². The summed E-state index contributed by atoms with van der Waals surface area (Å²) in [6, 6.07) is 13.7. The number of nitrogens with zero attached hydrogens (tertiary/aromatic N) is 2. The molecular formula is C21H27N3O4S. The first-order valence-electron chi connectivity index (χ1n) is 9.53. The first-order valence-corrected chi connectivity index (χ1v) is 11.0. The van der Waals surface area contributed by atoms with Gasteiger partial charge in [-0.25, -0.2) is 8.42 Å². The molecule has 0 aromatic heterocycles. The van der Waals surface area contributed by atoms with E-state index < -0.39 is 10.0 Å². The first kappa shape index (κ1) is 21.1. The van der Waals surface area contributed by atoms with Gasteiger partial charge in [-0.3, -0.25) is 4.79 Å². The first-order chi connectivity index (χ1) is 13.8. The third-order valence-corrected chi connectivity index (χ3v) is 7.05. The molecule has 0 aliphatic carbocycles. The van der Waals surface area contributed by atoms with Crippen LogP contribution in [0.5, 0.6) is 5.75 Å². The zero-order valence-corrected chi connectivity index (χ0v) is 17.8. The van der Waals surface area contributed by atoms with Crippen LogP contribution >= 0.6 is 0 Å². The summed E-state index contributed by atoms with van der Waals surface area (Å²) in [5.74, 6) is 0.482. The Bertz CT molecular complexity index is 933. The number of carbonyl (C=O) groups excluding carboxylic acids is 1. The second-order valence-electron chi connectivity index (χ2n) is 7.27. The molecule has 1 fully saturated rings. The van der Waals surface area contributed by atoms with Crippen LogP contribution in [-0.4, -0.2) is 59.0 Å². The number of ether oxygens (including phenoxy) is 1. The van der Waals surface area contributed by atoms with Crippen LogP contribution in [0.25, 0.3) is 0 Å². The number of amides is 1. The zero-order chi connectivity index (χ0) is 21.0. The van der Waals surface area contributed by atoms with Crippen molar-refractivity contribution in [1.82, 2.24) is 9.62 Å². The molecule has 0 bridgehead atoms. The Labute approximate surface area is 172 Å². The van der Waals surface area contributed by atoms with E-state index in [1.165, 1.54) is 4.31 Å². The molecule has 0 radical (unpaired) electrons. The topological polar surface area (TPSA) is 79.0 Å². The number of benzene rings is 2. The molecule has 29 heavy (non-hydrogen) atoms. The molecule has 1 heterocycles. The van der Waals surface area contributed by atoms with Crippen LogP contribution in [0.1, 0.15) is 23.2 Å². The van der Waals surface area contributed by atoms with E-state index in [-0.39, 0.29) is 16.8 Å². The van der Waals surface area contributed by atoms with E-state index >= 15 is 0 Å². The lowest BCUT2D eigenvalue weighted by Gasteiger charge is -2.31. The number of anilines is 1. The van der Waals surface area contributed by atoms with Crippen LogP contribution in [0.4, 0.5) is 5.69 Å². The fourth-order valence-electron chi connectivity index (χ4n) is 3.32. The van der Waals surface area contributed by atoms with Gasteiger partial charge < -0.3 is 15.0 Å². The Morgan fingerprint density at radius 2 is 1.62 bits per heavy atom. The summed E-state index contributed by atoms with van der Waals surface area (Å²) >= 11 is 0. The number of rotatable bonds is 6. The summed E-state index contributed by atoms with van der Waals surface area (Å²) in [4.78, 5) is 14.7. The zero-order valence-electron chi connectivity index (χ0n) is 17.0. The summed E-state index contributed by atoms with van der Waals surface area (Å²) < 4.78 is 32.2. The molecule has 0 spiro atoms. The van der Waals surface area contributed by atoms with Gasteiger partial charge in [0.1, 0.15) is 5.75 Å².